The quantitative estimate of drug-likeness (QED) is 0.876. The van der Waals surface area contributed by atoms with E-state index < -0.39 is 0 Å². The molecule has 3 rings (SSSR count). The third-order valence-electron chi connectivity index (χ3n) is 3.76. The van der Waals surface area contributed by atoms with Gasteiger partial charge < -0.3 is 15.5 Å². The number of amides is 2. The molecule has 1 saturated heterocycles. The van der Waals surface area contributed by atoms with E-state index in [2.05, 4.69) is 27.5 Å². The lowest BCUT2D eigenvalue weighted by Gasteiger charge is -2.26. The number of piperazine rings is 1. The summed E-state index contributed by atoms with van der Waals surface area (Å²) in [6.45, 7) is 2.83. The minimum atomic E-state index is -0.0983. The van der Waals surface area contributed by atoms with Gasteiger partial charge in [0.2, 0.25) is 5.91 Å². The van der Waals surface area contributed by atoms with Crippen LogP contribution in [0.1, 0.15) is 21.5 Å². The van der Waals surface area contributed by atoms with Gasteiger partial charge in [0.25, 0.3) is 5.91 Å². The molecule has 1 fully saturated rings. The molecule has 0 aliphatic carbocycles. The molecule has 6 heteroatoms. The molecule has 1 aliphatic heterocycles. The average molecular weight is 329 g/mol. The summed E-state index contributed by atoms with van der Waals surface area (Å²) in [5.74, 6) is -0.184. The summed E-state index contributed by atoms with van der Waals surface area (Å²) in [6, 6.07) is 9.68. The standard InChI is InChI=1S/C17H19N3O2S/c21-16-11-20(7-6-19-16)17(22)15-3-1-13(2-4-15)9-18-10-14-5-8-23-12-14/h1-5,8,12,18H,6-7,9-11H2,(H,19,21). The normalized spacial score (nSPS) is 14.6. The van der Waals surface area contributed by atoms with Crippen LogP contribution in [0.5, 0.6) is 0 Å². The number of rotatable bonds is 5. The molecule has 120 valence electrons. The van der Waals surface area contributed by atoms with Crippen LogP contribution in [-0.2, 0) is 17.9 Å². The van der Waals surface area contributed by atoms with Crippen LogP contribution in [-0.4, -0.2) is 36.3 Å². The molecular weight excluding hydrogens is 310 g/mol. The second-order valence-electron chi connectivity index (χ2n) is 5.51. The molecule has 0 atom stereocenters. The molecule has 0 radical (unpaired) electrons. The highest BCUT2D eigenvalue weighted by atomic mass is 32.1. The fraction of sp³-hybridized carbons (Fsp3) is 0.294. The van der Waals surface area contributed by atoms with Crippen LogP contribution in [0, 0.1) is 0 Å². The smallest absolute Gasteiger partial charge is 0.254 e. The largest absolute Gasteiger partial charge is 0.353 e. The predicted molar refractivity (Wildman–Crippen MR) is 90.2 cm³/mol. The van der Waals surface area contributed by atoms with Crippen molar-refractivity contribution in [1.29, 1.82) is 0 Å². The fourth-order valence-corrected chi connectivity index (χ4v) is 3.17. The lowest BCUT2D eigenvalue weighted by Crippen LogP contribution is -2.49. The van der Waals surface area contributed by atoms with Crippen LogP contribution in [0.25, 0.3) is 0 Å². The molecule has 2 N–H and O–H groups in total. The molecule has 1 aliphatic rings. The zero-order valence-electron chi connectivity index (χ0n) is 12.7. The number of nitrogens with zero attached hydrogens (tertiary/aromatic N) is 1. The fourth-order valence-electron chi connectivity index (χ4n) is 2.50. The Kier molecular flexibility index (Phi) is 5.05. The molecule has 0 unspecified atom stereocenters. The van der Waals surface area contributed by atoms with Crippen molar-refractivity contribution in [1.82, 2.24) is 15.5 Å². The minimum absolute atomic E-state index is 0.0855. The Hall–Kier alpha value is -2.18. The number of benzene rings is 1. The van der Waals surface area contributed by atoms with Crippen LogP contribution in [0.15, 0.2) is 41.1 Å². The lowest BCUT2D eigenvalue weighted by molar-refractivity contribution is -0.123. The van der Waals surface area contributed by atoms with E-state index in [1.165, 1.54) is 5.56 Å². The van der Waals surface area contributed by atoms with Crippen LogP contribution >= 0.6 is 11.3 Å². The maximum absolute atomic E-state index is 12.4. The van der Waals surface area contributed by atoms with E-state index in [-0.39, 0.29) is 18.4 Å². The van der Waals surface area contributed by atoms with E-state index in [4.69, 9.17) is 0 Å². The summed E-state index contributed by atoms with van der Waals surface area (Å²) in [4.78, 5) is 25.3. The minimum Gasteiger partial charge on any atom is -0.353 e. The van der Waals surface area contributed by atoms with Crippen molar-refractivity contribution in [3.8, 4) is 0 Å². The number of thiophene rings is 1. The topological polar surface area (TPSA) is 61.4 Å². The van der Waals surface area contributed by atoms with Gasteiger partial charge in [-0.3, -0.25) is 9.59 Å². The van der Waals surface area contributed by atoms with Crippen LogP contribution < -0.4 is 10.6 Å². The summed E-state index contributed by atoms with van der Waals surface area (Å²) in [6.07, 6.45) is 0. The Labute approximate surface area is 139 Å². The van der Waals surface area contributed by atoms with Crippen molar-refractivity contribution >= 4 is 23.2 Å². The SMILES string of the molecule is O=C1CN(C(=O)c2ccc(CNCc3ccsc3)cc2)CCN1. The third kappa shape index (κ3) is 4.18. The van der Waals surface area contributed by atoms with Crippen molar-refractivity contribution in [3.05, 3.63) is 57.8 Å². The monoisotopic (exact) mass is 329 g/mol. The summed E-state index contributed by atoms with van der Waals surface area (Å²) in [5.41, 5.74) is 3.04. The van der Waals surface area contributed by atoms with E-state index in [1.807, 2.05) is 24.3 Å². The Bertz CT molecular complexity index is 668. The Morgan fingerprint density at radius 2 is 1.96 bits per heavy atom. The van der Waals surface area contributed by atoms with Crippen molar-refractivity contribution in [2.24, 2.45) is 0 Å². The van der Waals surface area contributed by atoms with E-state index >= 15 is 0 Å². The van der Waals surface area contributed by atoms with Gasteiger partial charge in [-0.2, -0.15) is 11.3 Å². The molecule has 1 aromatic heterocycles. The van der Waals surface area contributed by atoms with Crippen LogP contribution in [0.2, 0.25) is 0 Å². The first-order chi connectivity index (χ1) is 11.2. The first kappa shape index (κ1) is 15.7. The molecule has 2 aromatic rings. The van der Waals surface area contributed by atoms with Crippen molar-refractivity contribution in [2.45, 2.75) is 13.1 Å². The Balaban J connectivity index is 1.53. The van der Waals surface area contributed by atoms with Gasteiger partial charge in [-0.1, -0.05) is 12.1 Å². The second-order valence-corrected chi connectivity index (χ2v) is 6.29. The van der Waals surface area contributed by atoms with Gasteiger partial charge in [-0.15, -0.1) is 0 Å². The summed E-state index contributed by atoms with van der Waals surface area (Å²) in [5, 5.41) is 10.3. The number of carbonyl (C=O) groups excluding carboxylic acids is 2. The molecule has 2 amide bonds. The summed E-state index contributed by atoms with van der Waals surface area (Å²) >= 11 is 1.69. The maximum atomic E-state index is 12.4. The first-order valence-electron chi connectivity index (χ1n) is 7.59. The molecule has 5 nitrogen and oxygen atoms in total. The molecule has 23 heavy (non-hydrogen) atoms. The maximum Gasteiger partial charge on any atom is 0.254 e. The highest BCUT2D eigenvalue weighted by molar-refractivity contribution is 7.07. The second kappa shape index (κ2) is 7.39. The van der Waals surface area contributed by atoms with Crippen molar-refractivity contribution in [2.75, 3.05) is 19.6 Å². The number of carbonyl (C=O) groups is 2. The van der Waals surface area contributed by atoms with Gasteiger partial charge in [-0.05, 0) is 40.1 Å². The zero-order chi connectivity index (χ0) is 16.1. The number of hydrogen-bond donors (Lipinski definition) is 2. The molecule has 2 heterocycles. The number of hydrogen-bond acceptors (Lipinski definition) is 4. The zero-order valence-corrected chi connectivity index (χ0v) is 13.6. The summed E-state index contributed by atoms with van der Waals surface area (Å²) in [7, 11) is 0. The van der Waals surface area contributed by atoms with Gasteiger partial charge in [0, 0.05) is 31.7 Å². The third-order valence-corrected chi connectivity index (χ3v) is 4.50. The highest BCUT2D eigenvalue weighted by Crippen LogP contribution is 2.10. The number of nitrogens with one attached hydrogen (secondary N) is 2. The molecule has 0 spiro atoms. The van der Waals surface area contributed by atoms with E-state index in [1.54, 1.807) is 16.2 Å². The van der Waals surface area contributed by atoms with Crippen LogP contribution in [0.3, 0.4) is 0 Å². The predicted octanol–water partition coefficient (Wildman–Crippen LogP) is 1.61. The molecular formula is C17H19N3O2S. The molecule has 1 aromatic carbocycles. The van der Waals surface area contributed by atoms with E-state index in [9.17, 15) is 9.59 Å². The van der Waals surface area contributed by atoms with Crippen molar-refractivity contribution in [3.63, 3.8) is 0 Å². The first-order valence-corrected chi connectivity index (χ1v) is 8.53. The Morgan fingerprint density at radius 1 is 1.17 bits per heavy atom. The van der Waals surface area contributed by atoms with E-state index in [0.29, 0.717) is 18.7 Å². The van der Waals surface area contributed by atoms with Gasteiger partial charge in [0.05, 0.1) is 6.54 Å². The molecule has 0 saturated carbocycles. The summed E-state index contributed by atoms with van der Waals surface area (Å²) < 4.78 is 0. The lowest BCUT2D eigenvalue weighted by atomic mass is 10.1. The van der Waals surface area contributed by atoms with Crippen molar-refractivity contribution < 1.29 is 9.59 Å². The van der Waals surface area contributed by atoms with Gasteiger partial charge in [-0.25, -0.2) is 0 Å². The highest BCUT2D eigenvalue weighted by Gasteiger charge is 2.21. The Morgan fingerprint density at radius 3 is 2.65 bits per heavy atom. The van der Waals surface area contributed by atoms with Gasteiger partial charge >= 0.3 is 0 Å². The van der Waals surface area contributed by atoms with Gasteiger partial charge in [0.15, 0.2) is 0 Å². The van der Waals surface area contributed by atoms with E-state index in [0.717, 1.165) is 18.7 Å². The molecule has 0 bridgehead atoms. The van der Waals surface area contributed by atoms with Crippen LogP contribution in [0.4, 0.5) is 0 Å². The average Bonchev–Trinajstić information content (AvgIpc) is 3.08. The van der Waals surface area contributed by atoms with Gasteiger partial charge in [0.1, 0.15) is 0 Å².